The third-order valence-corrected chi connectivity index (χ3v) is 3.97. The van der Waals surface area contributed by atoms with Gasteiger partial charge in [-0.2, -0.15) is 0 Å². The third kappa shape index (κ3) is 3.08. The van der Waals surface area contributed by atoms with Crippen molar-refractivity contribution < 1.29 is 9.84 Å². The normalized spacial score (nSPS) is 24.2. The Morgan fingerprint density at radius 1 is 1.32 bits per heavy atom. The van der Waals surface area contributed by atoms with E-state index < -0.39 is 0 Å². The number of rotatable bonds is 5. The first-order valence-electron chi connectivity index (χ1n) is 7.18. The lowest BCUT2D eigenvalue weighted by molar-refractivity contribution is 0.119. The lowest BCUT2D eigenvalue weighted by Crippen LogP contribution is -2.38. The van der Waals surface area contributed by atoms with Crippen LogP contribution in [0.15, 0.2) is 24.3 Å². The summed E-state index contributed by atoms with van der Waals surface area (Å²) in [6.07, 6.45) is 2.24. The van der Waals surface area contributed by atoms with E-state index in [0.29, 0.717) is 13.2 Å². The second-order valence-electron chi connectivity index (χ2n) is 5.47. The van der Waals surface area contributed by atoms with Crippen LogP contribution in [-0.2, 0) is 0 Å². The number of likely N-dealkylation sites (tertiary alicyclic amines) is 1. The van der Waals surface area contributed by atoms with Gasteiger partial charge in [-0.3, -0.25) is 0 Å². The highest BCUT2D eigenvalue weighted by atomic mass is 16.5. The number of benzene rings is 1. The summed E-state index contributed by atoms with van der Waals surface area (Å²) in [5, 5.41) is 13.5. The molecule has 2 atom stereocenters. The minimum absolute atomic E-state index is 0.212. The first kappa shape index (κ1) is 12.9. The SMILES string of the molecule is OC(CNC1COc2ccccc21)CN1CCCC1. The topological polar surface area (TPSA) is 44.7 Å². The Bertz CT molecular complexity index is 418. The molecular weight excluding hydrogens is 240 g/mol. The zero-order valence-electron chi connectivity index (χ0n) is 11.2. The number of fused-ring (bicyclic) bond motifs is 1. The van der Waals surface area contributed by atoms with Crippen LogP contribution < -0.4 is 10.1 Å². The maximum absolute atomic E-state index is 10.1. The van der Waals surface area contributed by atoms with Crippen LogP contribution in [0.1, 0.15) is 24.4 Å². The highest BCUT2D eigenvalue weighted by Gasteiger charge is 2.24. The van der Waals surface area contributed by atoms with Crippen LogP contribution in [0.25, 0.3) is 0 Å². The molecule has 0 amide bonds. The lowest BCUT2D eigenvalue weighted by atomic mass is 10.1. The Morgan fingerprint density at radius 2 is 2.11 bits per heavy atom. The fourth-order valence-electron chi connectivity index (χ4n) is 2.94. The molecule has 2 N–H and O–H groups in total. The van der Waals surface area contributed by atoms with Gasteiger partial charge in [0, 0.05) is 18.7 Å². The summed E-state index contributed by atoms with van der Waals surface area (Å²) in [6.45, 7) is 4.33. The van der Waals surface area contributed by atoms with E-state index in [0.717, 1.165) is 25.4 Å². The van der Waals surface area contributed by atoms with Crippen LogP contribution >= 0.6 is 0 Å². The summed E-state index contributed by atoms with van der Waals surface area (Å²) in [4.78, 5) is 2.34. The first-order valence-corrected chi connectivity index (χ1v) is 7.18. The Hall–Kier alpha value is -1.10. The fourth-order valence-corrected chi connectivity index (χ4v) is 2.94. The van der Waals surface area contributed by atoms with Crippen LogP contribution in [0.3, 0.4) is 0 Å². The molecule has 0 spiro atoms. The smallest absolute Gasteiger partial charge is 0.124 e. The van der Waals surface area contributed by atoms with Gasteiger partial charge in [-0.15, -0.1) is 0 Å². The first-order chi connectivity index (χ1) is 9.33. The fraction of sp³-hybridized carbons (Fsp3) is 0.600. The van der Waals surface area contributed by atoms with Gasteiger partial charge in [-0.1, -0.05) is 18.2 Å². The van der Waals surface area contributed by atoms with Gasteiger partial charge < -0.3 is 20.1 Å². The average Bonchev–Trinajstić information content (AvgIpc) is 3.05. The summed E-state index contributed by atoms with van der Waals surface area (Å²) < 4.78 is 5.62. The number of aliphatic hydroxyl groups is 1. The van der Waals surface area contributed by atoms with Crippen LogP contribution in [0.2, 0.25) is 0 Å². The van der Waals surface area contributed by atoms with Gasteiger partial charge >= 0.3 is 0 Å². The van der Waals surface area contributed by atoms with E-state index in [1.54, 1.807) is 0 Å². The summed E-state index contributed by atoms with van der Waals surface area (Å²) in [7, 11) is 0. The van der Waals surface area contributed by atoms with E-state index in [1.807, 2.05) is 18.2 Å². The standard InChI is InChI=1S/C15H22N2O2/c18-12(10-17-7-3-4-8-17)9-16-14-11-19-15-6-2-1-5-13(14)15/h1-2,5-6,12,14,16,18H,3-4,7-11H2. The van der Waals surface area contributed by atoms with Crippen molar-refractivity contribution in [3.8, 4) is 5.75 Å². The van der Waals surface area contributed by atoms with Gasteiger partial charge in [0.1, 0.15) is 12.4 Å². The number of aliphatic hydroxyl groups excluding tert-OH is 1. The molecule has 104 valence electrons. The molecule has 0 aromatic heterocycles. The van der Waals surface area contributed by atoms with E-state index in [2.05, 4.69) is 16.3 Å². The molecule has 2 aliphatic heterocycles. The summed E-state index contributed by atoms with van der Waals surface area (Å²) in [5.74, 6) is 0.967. The summed E-state index contributed by atoms with van der Waals surface area (Å²) in [5.41, 5.74) is 1.20. The summed E-state index contributed by atoms with van der Waals surface area (Å²) >= 11 is 0. The number of β-amino-alcohol motifs (C(OH)–C–C–N with tert-alkyl or cyclic N) is 1. The molecule has 4 nitrogen and oxygen atoms in total. The second kappa shape index (κ2) is 5.90. The minimum Gasteiger partial charge on any atom is -0.491 e. The molecule has 1 fully saturated rings. The number of nitrogens with one attached hydrogen (secondary N) is 1. The predicted molar refractivity (Wildman–Crippen MR) is 74.4 cm³/mol. The maximum atomic E-state index is 10.1. The van der Waals surface area contributed by atoms with Gasteiger partial charge in [0.2, 0.25) is 0 Å². The molecule has 2 heterocycles. The molecule has 4 heteroatoms. The van der Waals surface area contributed by atoms with E-state index in [9.17, 15) is 5.11 Å². The van der Waals surface area contributed by atoms with Gasteiger partial charge in [0.25, 0.3) is 0 Å². The predicted octanol–water partition coefficient (Wildman–Crippen LogP) is 1.17. The molecule has 2 unspecified atom stereocenters. The van der Waals surface area contributed by atoms with Crippen molar-refractivity contribution in [3.05, 3.63) is 29.8 Å². The average molecular weight is 262 g/mol. The maximum Gasteiger partial charge on any atom is 0.124 e. The van der Waals surface area contributed by atoms with Crippen molar-refractivity contribution in [3.63, 3.8) is 0 Å². The molecule has 0 radical (unpaired) electrons. The van der Waals surface area contributed by atoms with Crippen molar-refractivity contribution in [1.29, 1.82) is 0 Å². The van der Waals surface area contributed by atoms with Crippen molar-refractivity contribution in [2.24, 2.45) is 0 Å². The highest BCUT2D eigenvalue weighted by molar-refractivity contribution is 5.39. The van der Waals surface area contributed by atoms with Crippen molar-refractivity contribution in [2.45, 2.75) is 25.0 Å². The van der Waals surface area contributed by atoms with E-state index in [1.165, 1.54) is 18.4 Å². The molecule has 0 saturated carbocycles. The van der Waals surface area contributed by atoms with Crippen LogP contribution in [0, 0.1) is 0 Å². The van der Waals surface area contributed by atoms with Crippen LogP contribution in [0.4, 0.5) is 0 Å². The van der Waals surface area contributed by atoms with Gasteiger partial charge in [0.05, 0.1) is 12.1 Å². The largest absolute Gasteiger partial charge is 0.491 e. The van der Waals surface area contributed by atoms with Crippen molar-refractivity contribution in [2.75, 3.05) is 32.8 Å². The molecule has 1 aromatic rings. The lowest BCUT2D eigenvalue weighted by Gasteiger charge is -2.21. The van der Waals surface area contributed by atoms with E-state index in [4.69, 9.17) is 4.74 Å². The Balaban J connectivity index is 1.47. The monoisotopic (exact) mass is 262 g/mol. The van der Waals surface area contributed by atoms with Gasteiger partial charge in [-0.05, 0) is 32.0 Å². The van der Waals surface area contributed by atoms with Crippen LogP contribution in [-0.4, -0.2) is 48.9 Å². The Morgan fingerprint density at radius 3 is 2.95 bits per heavy atom. The van der Waals surface area contributed by atoms with E-state index >= 15 is 0 Å². The highest BCUT2D eigenvalue weighted by Crippen LogP contribution is 2.31. The third-order valence-electron chi connectivity index (χ3n) is 3.97. The number of hydrogen-bond acceptors (Lipinski definition) is 4. The quantitative estimate of drug-likeness (QED) is 0.836. The number of hydrogen-bond donors (Lipinski definition) is 2. The second-order valence-corrected chi connectivity index (χ2v) is 5.47. The Kier molecular flexibility index (Phi) is 4.01. The molecule has 1 saturated heterocycles. The zero-order valence-corrected chi connectivity index (χ0v) is 11.2. The van der Waals surface area contributed by atoms with Gasteiger partial charge in [0.15, 0.2) is 0 Å². The number of ether oxygens (including phenoxy) is 1. The Labute approximate surface area is 114 Å². The molecule has 0 aliphatic carbocycles. The minimum atomic E-state index is -0.300. The molecule has 0 bridgehead atoms. The molecular formula is C15H22N2O2. The van der Waals surface area contributed by atoms with Crippen molar-refractivity contribution in [1.82, 2.24) is 10.2 Å². The molecule has 3 rings (SSSR count). The number of para-hydroxylation sites is 1. The molecule has 2 aliphatic rings. The van der Waals surface area contributed by atoms with E-state index in [-0.39, 0.29) is 12.1 Å². The summed E-state index contributed by atoms with van der Waals surface area (Å²) in [6, 6.07) is 8.32. The molecule has 19 heavy (non-hydrogen) atoms. The van der Waals surface area contributed by atoms with Gasteiger partial charge in [-0.25, -0.2) is 0 Å². The zero-order chi connectivity index (χ0) is 13.1. The van der Waals surface area contributed by atoms with Crippen LogP contribution in [0.5, 0.6) is 5.75 Å². The molecule has 1 aromatic carbocycles. The number of nitrogens with zero attached hydrogens (tertiary/aromatic N) is 1. The van der Waals surface area contributed by atoms with Crippen molar-refractivity contribution >= 4 is 0 Å².